The minimum Gasteiger partial charge on any atom is -0.490 e. The molecule has 0 amide bonds. The Labute approximate surface area is 668 Å². The van der Waals surface area contributed by atoms with E-state index >= 15 is 0 Å². The Bertz CT molecular complexity index is 6040. The second-order valence-electron chi connectivity index (χ2n) is 30.3. The lowest BCUT2D eigenvalue weighted by Crippen LogP contribution is -2.68. The lowest BCUT2D eigenvalue weighted by Gasteiger charge is -2.56. The molecular formula is C83H83F2N25O7. The van der Waals surface area contributed by atoms with Gasteiger partial charge in [0.25, 0.3) is 0 Å². The molecule has 9 saturated heterocycles. The maximum atomic E-state index is 12.3. The van der Waals surface area contributed by atoms with Crippen molar-refractivity contribution in [1.29, 1.82) is 0 Å². The summed E-state index contributed by atoms with van der Waals surface area (Å²) in [6, 6.07) is 33.5. The largest absolute Gasteiger partial charge is 0.490 e. The number of aromatic nitrogens is 18. The zero-order chi connectivity index (χ0) is 79.4. The highest BCUT2D eigenvalue weighted by Gasteiger charge is 2.47. The molecule has 0 aromatic carbocycles. The number of ether oxygens (including phenoxy) is 7. The molecule has 9 aliphatic heterocycles. The molecule has 32 nitrogen and oxygen atoms in total. The number of pyridine rings is 9. The summed E-state index contributed by atoms with van der Waals surface area (Å²) in [6.07, 6.45) is 25.9. The summed E-state index contributed by atoms with van der Waals surface area (Å²) in [6.45, 7) is 16.4. The van der Waals surface area contributed by atoms with Crippen molar-refractivity contribution in [2.24, 2.45) is 0 Å². The predicted octanol–water partition coefficient (Wildman–Crippen LogP) is 11.1. The highest BCUT2D eigenvalue weighted by Crippen LogP contribution is 2.42. The molecule has 24 rings (SSSR count). The molecule has 3 N–H and O–H groups in total. The maximum absolute atomic E-state index is 12.3. The summed E-state index contributed by atoms with van der Waals surface area (Å²) in [5, 5.41) is 37.8. The van der Waals surface area contributed by atoms with Crippen molar-refractivity contribution in [3.63, 3.8) is 0 Å². The minimum absolute atomic E-state index is 0.0174. The highest BCUT2D eigenvalue weighted by atomic mass is 19.3. The van der Waals surface area contributed by atoms with Crippen LogP contribution in [0.2, 0.25) is 0 Å². The number of methoxy groups -OCH3 is 3. The van der Waals surface area contributed by atoms with E-state index in [1.165, 1.54) is 36.0 Å². The predicted molar refractivity (Wildman–Crippen MR) is 432 cm³/mol. The van der Waals surface area contributed by atoms with Crippen LogP contribution in [0.1, 0.15) is 49.8 Å². The lowest BCUT2D eigenvalue weighted by atomic mass is 9.87. The van der Waals surface area contributed by atoms with E-state index < -0.39 is 6.61 Å². The lowest BCUT2D eigenvalue weighted by molar-refractivity contribution is -0.133. The first kappa shape index (κ1) is 73.9. The summed E-state index contributed by atoms with van der Waals surface area (Å²) in [7, 11) is 4.90. The van der Waals surface area contributed by atoms with Gasteiger partial charge in [0, 0.05) is 184 Å². The monoisotopic (exact) mass is 1580 g/mol. The van der Waals surface area contributed by atoms with E-state index in [0.717, 1.165) is 154 Å². The number of fused-ring (bicyclic) bond motifs is 15. The number of hydrogen-bond donors (Lipinski definition) is 3. The molecule has 34 heteroatoms. The van der Waals surface area contributed by atoms with Crippen LogP contribution in [0.25, 0.3) is 87.9 Å². The number of anilines is 3. The van der Waals surface area contributed by atoms with E-state index in [1.54, 1.807) is 55.1 Å². The van der Waals surface area contributed by atoms with Crippen molar-refractivity contribution in [1.82, 2.24) is 104 Å². The van der Waals surface area contributed by atoms with Crippen molar-refractivity contribution < 1.29 is 41.9 Å². The van der Waals surface area contributed by atoms with Crippen molar-refractivity contribution >= 4 is 67.1 Å². The summed E-state index contributed by atoms with van der Waals surface area (Å²) in [5.74, 6) is 6.68. The summed E-state index contributed by atoms with van der Waals surface area (Å²) in [5.41, 5.74) is 14.1. The Kier molecular flexibility index (Phi) is 19.9. The van der Waals surface area contributed by atoms with Crippen LogP contribution >= 0.6 is 0 Å². The van der Waals surface area contributed by atoms with Crippen LogP contribution < -0.4 is 43.1 Å². The average Bonchev–Trinajstić information content (AvgIpc) is 1.74. The number of aromatic amines is 3. The second-order valence-corrected chi connectivity index (χ2v) is 30.3. The minimum atomic E-state index is -2.83. The van der Waals surface area contributed by atoms with Gasteiger partial charge in [-0.2, -0.15) is 24.1 Å². The van der Waals surface area contributed by atoms with E-state index in [-0.39, 0.29) is 26.0 Å². The summed E-state index contributed by atoms with van der Waals surface area (Å²) < 4.78 is 67.2. The summed E-state index contributed by atoms with van der Waals surface area (Å²) >= 11 is 0. The molecule has 15 aromatic rings. The third kappa shape index (κ3) is 14.8. The van der Waals surface area contributed by atoms with Gasteiger partial charge in [-0.1, -0.05) is 18.2 Å². The molecule has 0 saturated carbocycles. The van der Waals surface area contributed by atoms with Crippen LogP contribution in [0.5, 0.6) is 34.9 Å². The van der Waals surface area contributed by atoms with E-state index in [9.17, 15) is 8.78 Å². The molecule has 9 aliphatic rings. The van der Waals surface area contributed by atoms with Crippen molar-refractivity contribution in [2.75, 3.05) is 95.2 Å². The van der Waals surface area contributed by atoms with Gasteiger partial charge < -0.3 is 47.9 Å². The first-order valence-electron chi connectivity index (χ1n) is 38.9. The highest BCUT2D eigenvalue weighted by molar-refractivity contribution is 6.03. The Morgan fingerprint density at radius 1 is 0.436 bits per heavy atom. The number of hydrogen-bond acceptors (Lipinski definition) is 25. The van der Waals surface area contributed by atoms with Gasteiger partial charge in [0.05, 0.1) is 104 Å². The van der Waals surface area contributed by atoms with Gasteiger partial charge >= 0.3 is 13.3 Å². The zero-order valence-electron chi connectivity index (χ0n) is 64.8. The first-order valence-corrected chi connectivity index (χ1v) is 38.9. The normalized spacial score (nSPS) is 19.0. The molecule has 6 unspecified atom stereocenters. The van der Waals surface area contributed by atoms with Gasteiger partial charge in [0.15, 0.2) is 16.9 Å². The van der Waals surface area contributed by atoms with Crippen molar-refractivity contribution in [2.45, 2.75) is 102 Å². The third-order valence-electron chi connectivity index (χ3n) is 22.9. The second kappa shape index (κ2) is 31.5. The average molecular weight is 1580 g/mol. The first-order chi connectivity index (χ1) is 57.3. The van der Waals surface area contributed by atoms with Gasteiger partial charge in [-0.15, -0.1) is 15.3 Å². The van der Waals surface area contributed by atoms with E-state index in [1.807, 2.05) is 110 Å². The molecule has 117 heavy (non-hydrogen) atoms. The van der Waals surface area contributed by atoms with E-state index in [2.05, 4.69) is 148 Å². The Morgan fingerprint density at radius 3 is 1.11 bits per heavy atom. The molecule has 596 valence electrons. The Balaban J connectivity index is 0.000000117. The van der Waals surface area contributed by atoms with Gasteiger partial charge in [0.1, 0.15) is 41.3 Å². The molecule has 0 radical (unpaired) electrons. The van der Waals surface area contributed by atoms with Crippen LogP contribution in [0.15, 0.2) is 165 Å². The number of alkyl halides is 2. The Morgan fingerprint density at radius 2 is 0.795 bits per heavy atom. The fourth-order valence-corrected chi connectivity index (χ4v) is 17.3. The molecule has 0 spiro atoms. The topological polar surface area (TPSA) is 304 Å². The van der Waals surface area contributed by atoms with E-state index in [4.69, 9.17) is 49.9 Å². The maximum Gasteiger partial charge on any atom is 0.357 e. The zero-order valence-corrected chi connectivity index (χ0v) is 64.8. The molecule has 24 heterocycles. The van der Waals surface area contributed by atoms with Gasteiger partial charge in [-0.3, -0.25) is 34.8 Å². The van der Waals surface area contributed by atoms with Gasteiger partial charge in [0.2, 0.25) is 17.6 Å². The van der Waals surface area contributed by atoms with Crippen LogP contribution in [0.4, 0.5) is 26.2 Å². The van der Waals surface area contributed by atoms with Gasteiger partial charge in [-0.05, 0) is 104 Å². The number of nitrogens with zero attached hydrogens (tertiary/aromatic N) is 22. The molecule has 6 atom stereocenters. The number of nitrogens with one attached hydrogen (secondary N) is 3. The van der Waals surface area contributed by atoms with Crippen LogP contribution in [0, 0.1) is 6.57 Å². The van der Waals surface area contributed by atoms with Crippen LogP contribution in [-0.4, -0.2) is 234 Å². The SMILES string of the molecule is COc1ccc(CN2C3CC2CN(c2ccc(-c4cc(OC(C)C)cn5nc6[nH]ncc6c45)cn2)C3)cn1.COc1ccc(CN2C3CC2CN(c2ccc(-c4cc(OCCOC(F)F)cn5nc6[nH]ncc6c45)cn2)C3)cn1.[C-]#[N+]COc1cc(-c2ccc(N3CC4CC(C3)N4Cc3ccc(OC)nc3)nc2)c2c3cn[nH]c3nn2c1. The molecule has 15 aromatic heterocycles. The summed E-state index contributed by atoms with van der Waals surface area (Å²) in [4.78, 5) is 45.8. The molecule has 0 aliphatic carbocycles. The molecule has 9 fully saturated rings. The number of H-pyrrole nitrogens is 3. The van der Waals surface area contributed by atoms with Crippen molar-refractivity contribution in [3.8, 4) is 68.3 Å². The number of piperazine rings is 3. The standard InChI is InChI=1S/C28H28F2N8O3.C28H30N8O2.C27H25N9O2/c1-39-25-5-2-17(10-32-25)13-37-19-8-20(37)15-36(14-19)24-4-3-18(11-31-24)22-9-21(40-6-7-41-28(29)30)16-38-26(22)23-12-33-34-27(23)35-38;1-17(2)38-22-9-23(27-24-12-31-32-28(24)33-36(27)16-22)19-5-6-25(29-11-19)34-14-20-8-21(15-34)35(20)13-18-4-7-26(37-3)30-10-18;1-28-16-38-21-8-22(26-23-11-31-32-27(23)33-36(26)15-21)18-4-5-24(29-10-18)34-13-19-7-20(14-34)35(19)12-17-3-6-25(37-2)30-9-17/h2-5,9-12,16,19-20,28H,6-8,13-15H2,1H3,(H,34,35);4-7,9-12,16-17,20-21H,8,13-15H2,1-3H3,(H,32,33);3-6,8-11,15,19-20H,7,12-14,16H2,2H3,(H,32,33). The quantitative estimate of drug-likeness (QED) is 0.0374. The smallest absolute Gasteiger partial charge is 0.357 e. The number of piperidine rings is 3. The molecule has 6 bridgehead atoms. The van der Waals surface area contributed by atoms with Gasteiger partial charge in [-0.25, -0.2) is 50.0 Å². The third-order valence-corrected chi connectivity index (χ3v) is 22.9. The number of rotatable bonds is 24. The fourth-order valence-electron chi connectivity index (χ4n) is 17.3. The van der Waals surface area contributed by atoms with Crippen molar-refractivity contribution in [3.05, 3.63) is 193 Å². The Hall–Kier alpha value is -13.2. The van der Waals surface area contributed by atoms with Crippen LogP contribution in [0.3, 0.4) is 0 Å². The van der Waals surface area contributed by atoms with E-state index in [0.29, 0.717) is 76.7 Å². The fraction of sp³-hybridized carbons (Fsp3) is 0.337. The number of halogens is 2. The molecular weight excluding hydrogens is 1500 g/mol. The van der Waals surface area contributed by atoms with Crippen LogP contribution in [-0.2, 0) is 24.4 Å².